The fourth-order valence-corrected chi connectivity index (χ4v) is 3.49. The molecule has 0 atom stereocenters. The van der Waals surface area contributed by atoms with Gasteiger partial charge < -0.3 is 4.74 Å². The molecule has 0 aliphatic carbocycles. The van der Waals surface area contributed by atoms with Crippen molar-refractivity contribution < 1.29 is 9.15 Å². The van der Waals surface area contributed by atoms with Gasteiger partial charge in [-0.1, -0.05) is 24.3 Å². The van der Waals surface area contributed by atoms with E-state index in [0.717, 1.165) is 27.7 Å². The van der Waals surface area contributed by atoms with E-state index in [1.54, 1.807) is 7.11 Å². The number of fused-ring (bicyclic) bond motifs is 2. The molecular formula is C22H19O2+. The van der Waals surface area contributed by atoms with Gasteiger partial charge in [0.1, 0.15) is 5.75 Å². The Labute approximate surface area is 141 Å². The van der Waals surface area contributed by atoms with Crippen LogP contribution in [-0.2, 0) is 0 Å². The monoisotopic (exact) mass is 315 g/mol. The molecule has 3 aromatic carbocycles. The van der Waals surface area contributed by atoms with Crippen LogP contribution in [0.2, 0.25) is 0 Å². The van der Waals surface area contributed by atoms with E-state index in [1.807, 2.05) is 24.3 Å². The van der Waals surface area contributed by atoms with Crippen LogP contribution in [0, 0.1) is 13.8 Å². The summed E-state index contributed by atoms with van der Waals surface area (Å²) < 4.78 is 11.5. The van der Waals surface area contributed by atoms with Gasteiger partial charge in [-0.2, -0.15) is 0 Å². The quantitative estimate of drug-likeness (QED) is 0.326. The Morgan fingerprint density at radius 1 is 0.708 bits per heavy atom. The highest BCUT2D eigenvalue weighted by atomic mass is 16.5. The predicted octanol–water partition coefficient (Wildman–Crippen LogP) is 6.16. The minimum Gasteiger partial charge on any atom is -0.497 e. The normalized spacial score (nSPS) is 11.1. The molecule has 1 heterocycles. The van der Waals surface area contributed by atoms with E-state index in [1.165, 1.54) is 22.3 Å². The van der Waals surface area contributed by atoms with Crippen molar-refractivity contribution in [2.75, 3.05) is 7.11 Å². The molecule has 0 aliphatic rings. The van der Waals surface area contributed by atoms with Crippen LogP contribution in [0.1, 0.15) is 11.1 Å². The Kier molecular flexibility index (Phi) is 3.46. The third kappa shape index (κ3) is 2.23. The molecule has 2 nitrogen and oxygen atoms in total. The first-order valence-electron chi connectivity index (χ1n) is 8.08. The Morgan fingerprint density at radius 2 is 1.21 bits per heavy atom. The van der Waals surface area contributed by atoms with Crippen LogP contribution >= 0.6 is 0 Å². The van der Waals surface area contributed by atoms with Crippen LogP contribution in [0.4, 0.5) is 0 Å². The van der Waals surface area contributed by atoms with Crippen LogP contribution in [0.3, 0.4) is 0 Å². The minimum absolute atomic E-state index is 0.892. The van der Waals surface area contributed by atoms with Crippen molar-refractivity contribution in [3.63, 3.8) is 0 Å². The molecule has 0 aliphatic heterocycles. The lowest BCUT2D eigenvalue weighted by Gasteiger charge is -2.14. The molecule has 4 aromatic rings. The third-order valence-corrected chi connectivity index (χ3v) is 4.52. The summed E-state index contributed by atoms with van der Waals surface area (Å²) in [5, 5.41) is 2.26. The summed E-state index contributed by atoms with van der Waals surface area (Å²) in [5.74, 6) is 0.892. The number of aryl methyl sites for hydroxylation is 2. The molecule has 0 unspecified atom stereocenters. The summed E-state index contributed by atoms with van der Waals surface area (Å²) >= 11 is 0. The second kappa shape index (κ2) is 5.64. The maximum Gasteiger partial charge on any atom is 0.361 e. The van der Waals surface area contributed by atoms with Crippen LogP contribution in [-0.4, -0.2) is 7.11 Å². The summed E-state index contributed by atoms with van der Waals surface area (Å²) in [5.41, 5.74) is 6.69. The highest BCUT2D eigenvalue weighted by Gasteiger charge is 2.21. The first-order chi connectivity index (χ1) is 11.7. The molecule has 0 saturated heterocycles. The van der Waals surface area contributed by atoms with Gasteiger partial charge in [-0.25, -0.2) is 4.42 Å². The molecule has 24 heavy (non-hydrogen) atoms. The molecule has 1 aromatic heterocycles. The average Bonchev–Trinajstić information content (AvgIpc) is 2.60. The standard InChI is InChI=1S/C22H19O2/c1-14-12-16(23-3)13-15(2)21(14)22-17-8-4-6-10-19(17)24-20-11-7-5-9-18(20)22/h4-13H,1-3H3/q+1. The van der Waals surface area contributed by atoms with Crippen molar-refractivity contribution in [1.82, 2.24) is 0 Å². The van der Waals surface area contributed by atoms with Gasteiger partial charge in [0.2, 0.25) is 0 Å². The SMILES string of the molecule is COc1cc(C)c(-c2c3ccccc3[o+]c3ccccc23)c(C)c1. The van der Waals surface area contributed by atoms with E-state index < -0.39 is 0 Å². The second-order valence-corrected chi connectivity index (χ2v) is 6.11. The molecular weight excluding hydrogens is 296 g/mol. The molecule has 0 amide bonds. The third-order valence-electron chi connectivity index (χ3n) is 4.52. The van der Waals surface area contributed by atoms with Crippen LogP contribution in [0.15, 0.2) is 65.1 Å². The number of hydrogen-bond donors (Lipinski definition) is 0. The lowest BCUT2D eigenvalue weighted by atomic mass is 9.90. The Hall–Kier alpha value is -2.87. The van der Waals surface area contributed by atoms with E-state index in [4.69, 9.17) is 9.15 Å². The number of benzene rings is 3. The van der Waals surface area contributed by atoms with Gasteiger partial charge in [-0.15, -0.1) is 0 Å². The highest BCUT2D eigenvalue weighted by molar-refractivity contribution is 6.09. The first-order valence-corrected chi connectivity index (χ1v) is 8.08. The van der Waals surface area contributed by atoms with E-state index in [2.05, 4.69) is 50.2 Å². The summed E-state index contributed by atoms with van der Waals surface area (Å²) in [6, 6.07) is 20.6. The van der Waals surface area contributed by atoms with Crippen LogP contribution in [0.5, 0.6) is 5.75 Å². The van der Waals surface area contributed by atoms with Crippen LogP contribution < -0.4 is 4.74 Å². The molecule has 0 bridgehead atoms. The van der Waals surface area contributed by atoms with Gasteiger partial charge in [0.25, 0.3) is 0 Å². The molecule has 0 saturated carbocycles. The highest BCUT2D eigenvalue weighted by Crippen LogP contribution is 2.40. The van der Waals surface area contributed by atoms with E-state index in [-0.39, 0.29) is 0 Å². The van der Waals surface area contributed by atoms with Crippen molar-refractivity contribution in [1.29, 1.82) is 0 Å². The molecule has 0 spiro atoms. The fourth-order valence-electron chi connectivity index (χ4n) is 3.49. The Bertz CT molecular complexity index is 987. The van der Waals surface area contributed by atoms with Gasteiger partial charge >= 0.3 is 11.2 Å². The van der Waals surface area contributed by atoms with E-state index in [0.29, 0.717) is 0 Å². The zero-order chi connectivity index (χ0) is 16.7. The first kappa shape index (κ1) is 14.7. The number of ether oxygens (including phenoxy) is 1. The average molecular weight is 315 g/mol. The van der Waals surface area contributed by atoms with Crippen molar-refractivity contribution >= 4 is 21.9 Å². The number of para-hydroxylation sites is 2. The summed E-state index contributed by atoms with van der Waals surface area (Å²) in [7, 11) is 1.71. The van der Waals surface area contributed by atoms with Crippen molar-refractivity contribution in [3.8, 4) is 16.9 Å². The van der Waals surface area contributed by atoms with E-state index >= 15 is 0 Å². The minimum atomic E-state index is 0.892. The maximum atomic E-state index is 6.11. The Morgan fingerprint density at radius 3 is 1.71 bits per heavy atom. The smallest absolute Gasteiger partial charge is 0.361 e. The van der Waals surface area contributed by atoms with Gasteiger partial charge in [-0.05, 0) is 54.8 Å². The van der Waals surface area contributed by atoms with Gasteiger partial charge in [0.15, 0.2) is 0 Å². The molecule has 0 radical (unpaired) electrons. The second-order valence-electron chi connectivity index (χ2n) is 6.11. The number of methoxy groups -OCH3 is 1. The fraction of sp³-hybridized carbons (Fsp3) is 0.136. The number of rotatable bonds is 2. The zero-order valence-electron chi connectivity index (χ0n) is 14.1. The lowest BCUT2D eigenvalue weighted by Crippen LogP contribution is -1.94. The number of hydrogen-bond acceptors (Lipinski definition) is 1. The summed E-state index contributed by atoms with van der Waals surface area (Å²) in [6.45, 7) is 4.27. The molecule has 2 heteroatoms. The zero-order valence-corrected chi connectivity index (χ0v) is 14.1. The van der Waals surface area contributed by atoms with Crippen molar-refractivity contribution in [3.05, 3.63) is 71.8 Å². The predicted molar refractivity (Wildman–Crippen MR) is 99.6 cm³/mol. The molecule has 118 valence electrons. The summed E-state index contributed by atoms with van der Waals surface area (Å²) in [6.07, 6.45) is 0. The maximum absolute atomic E-state index is 6.11. The molecule has 4 rings (SSSR count). The molecule has 0 N–H and O–H groups in total. The molecule has 0 fully saturated rings. The lowest BCUT2D eigenvalue weighted by molar-refractivity contribution is 0.414. The van der Waals surface area contributed by atoms with Crippen LogP contribution in [0.25, 0.3) is 33.1 Å². The Balaban J connectivity index is 2.19. The van der Waals surface area contributed by atoms with Gasteiger partial charge in [0, 0.05) is 17.7 Å². The topological polar surface area (TPSA) is 20.5 Å². The summed E-state index contributed by atoms with van der Waals surface area (Å²) in [4.78, 5) is 0. The van der Waals surface area contributed by atoms with Crippen molar-refractivity contribution in [2.45, 2.75) is 13.8 Å². The van der Waals surface area contributed by atoms with E-state index in [9.17, 15) is 0 Å². The largest absolute Gasteiger partial charge is 0.497 e. The van der Waals surface area contributed by atoms with Crippen molar-refractivity contribution in [2.24, 2.45) is 0 Å². The van der Waals surface area contributed by atoms with Gasteiger partial charge in [0.05, 0.1) is 17.9 Å². The van der Waals surface area contributed by atoms with Gasteiger partial charge in [-0.3, -0.25) is 0 Å².